The van der Waals surface area contributed by atoms with Crippen LogP contribution in [-0.2, 0) is 9.53 Å². The van der Waals surface area contributed by atoms with Crippen molar-refractivity contribution in [1.29, 1.82) is 0 Å². The zero-order valence-corrected chi connectivity index (χ0v) is 10.5. The van der Waals surface area contributed by atoms with Crippen LogP contribution in [0.15, 0.2) is 24.3 Å². The second-order valence-electron chi connectivity index (χ2n) is 4.32. The van der Waals surface area contributed by atoms with Gasteiger partial charge in [-0.15, -0.1) is 0 Å². The first kappa shape index (κ1) is 14.2. The van der Waals surface area contributed by atoms with Gasteiger partial charge in [0, 0.05) is 6.04 Å². The van der Waals surface area contributed by atoms with Crippen molar-refractivity contribution in [3.05, 3.63) is 29.8 Å². The lowest BCUT2D eigenvalue weighted by atomic mass is 10.2. The molecule has 1 fully saturated rings. The predicted octanol–water partition coefficient (Wildman–Crippen LogP) is 1.72. The molecule has 5 nitrogen and oxygen atoms in total. The summed E-state index contributed by atoms with van der Waals surface area (Å²) in [7, 11) is 0. The van der Waals surface area contributed by atoms with Crippen molar-refractivity contribution in [2.75, 3.05) is 6.61 Å². The monoisotopic (exact) mass is 285 g/mol. The lowest BCUT2D eigenvalue weighted by Crippen LogP contribution is -2.30. The van der Waals surface area contributed by atoms with E-state index in [1.54, 1.807) is 0 Å². The molecular formula is C13H13F2NO4. The fourth-order valence-electron chi connectivity index (χ4n) is 1.48. The van der Waals surface area contributed by atoms with Gasteiger partial charge in [-0.25, -0.2) is 4.79 Å². The molecule has 1 amide bonds. The summed E-state index contributed by atoms with van der Waals surface area (Å²) in [5.74, 6) is -1.10. The van der Waals surface area contributed by atoms with E-state index in [0.717, 1.165) is 12.8 Å². The Balaban J connectivity index is 1.80. The number of nitrogens with one attached hydrogen (secondary N) is 1. The van der Waals surface area contributed by atoms with Crippen molar-refractivity contribution in [3.63, 3.8) is 0 Å². The fourth-order valence-corrected chi connectivity index (χ4v) is 1.48. The van der Waals surface area contributed by atoms with Crippen LogP contribution < -0.4 is 10.1 Å². The molecule has 20 heavy (non-hydrogen) atoms. The number of benzene rings is 1. The highest BCUT2D eigenvalue weighted by atomic mass is 19.3. The number of amides is 1. The molecule has 0 unspecified atom stereocenters. The summed E-state index contributed by atoms with van der Waals surface area (Å²) < 4.78 is 32.8. The van der Waals surface area contributed by atoms with Crippen LogP contribution in [-0.4, -0.2) is 31.1 Å². The number of halogens is 2. The predicted molar refractivity (Wildman–Crippen MR) is 64.5 cm³/mol. The highest BCUT2D eigenvalue weighted by Crippen LogP contribution is 2.18. The van der Waals surface area contributed by atoms with Crippen molar-refractivity contribution in [3.8, 4) is 5.75 Å². The van der Waals surface area contributed by atoms with Gasteiger partial charge in [0.2, 0.25) is 0 Å². The van der Waals surface area contributed by atoms with Crippen LogP contribution in [0.5, 0.6) is 5.75 Å². The molecule has 0 radical (unpaired) electrons. The number of rotatable bonds is 6. The molecule has 108 valence electrons. The van der Waals surface area contributed by atoms with Gasteiger partial charge in [-0.2, -0.15) is 8.78 Å². The molecule has 1 aromatic carbocycles. The first-order valence-electron chi connectivity index (χ1n) is 6.06. The molecule has 0 saturated heterocycles. The van der Waals surface area contributed by atoms with Gasteiger partial charge in [0.25, 0.3) is 5.91 Å². The van der Waals surface area contributed by atoms with Crippen LogP contribution in [0.3, 0.4) is 0 Å². The standard InChI is InChI=1S/C13H13F2NO4/c14-13(15)20-10-5-1-8(2-6-10)12(18)19-7-11(17)16-9-3-4-9/h1-2,5-6,9,13H,3-4,7H2,(H,16,17). The SMILES string of the molecule is O=C(COC(=O)c1ccc(OC(F)F)cc1)NC1CC1. The Labute approximate surface area is 113 Å². The van der Waals surface area contributed by atoms with Crippen molar-refractivity contribution >= 4 is 11.9 Å². The third kappa shape index (κ3) is 4.49. The third-order valence-corrected chi connectivity index (χ3v) is 2.59. The molecule has 1 saturated carbocycles. The van der Waals surface area contributed by atoms with Gasteiger partial charge in [0.15, 0.2) is 6.61 Å². The van der Waals surface area contributed by atoms with Crippen molar-refractivity contribution < 1.29 is 27.8 Å². The van der Waals surface area contributed by atoms with Crippen LogP contribution in [0.1, 0.15) is 23.2 Å². The van der Waals surface area contributed by atoms with Crippen LogP contribution in [0, 0.1) is 0 Å². The number of carbonyl (C=O) groups excluding carboxylic acids is 2. The number of hydrogen-bond donors (Lipinski definition) is 1. The lowest BCUT2D eigenvalue weighted by Gasteiger charge is -2.07. The van der Waals surface area contributed by atoms with E-state index >= 15 is 0 Å². The summed E-state index contributed by atoms with van der Waals surface area (Å²) in [6, 6.07) is 5.24. The topological polar surface area (TPSA) is 64.6 Å². The fraction of sp³-hybridized carbons (Fsp3) is 0.385. The van der Waals surface area contributed by atoms with E-state index in [2.05, 4.69) is 10.1 Å². The van der Waals surface area contributed by atoms with Crippen molar-refractivity contribution in [1.82, 2.24) is 5.32 Å². The summed E-state index contributed by atoms with van der Waals surface area (Å²) in [5, 5.41) is 2.67. The molecule has 0 atom stereocenters. The minimum atomic E-state index is -2.92. The summed E-state index contributed by atoms with van der Waals surface area (Å²) in [5.41, 5.74) is 0.158. The number of alkyl halides is 2. The molecule has 0 aliphatic heterocycles. The Morgan fingerprint density at radius 1 is 1.25 bits per heavy atom. The second kappa shape index (κ2) is 6.31. The molecule has 1 N–H and O–H groups in total. The van der Waals surface area contributed by atoms with Crippen molar-refractivity contribution in [2.45, 2.75) is 25.5 Å². The van der Waals surface area contributed by atoms with Gasteiger partial charge in [-0.05, 0) is 37.1 Å². The molecule has 0 heterocycles. The molecule has 0 aromatic heterocycles. The van der Waals surface area contributed by atoms with Crippen LogP contribution in [0.25, 0.3) is 0 Å². The number of ether oxygens (including phenoxy) is 2. The third-order valence-electron chi connectivity index (χ3n) is 2.59. The van der Waals surface area contributed by atoms with Gasteiger partial charge < -0.3 is 14.8 Å². The first-order valence-corrected chi connectivity index (χ1v) is 6.06. The normalized spacial score (nSPS) is 13.9. The molecule has 1 aromatic rings. The van der Waals surface area contributed by atoms with Gasteiger partial charge in [0.05, 0.1) is 5.56 Å². The van der Waals surface area contributed by atoms with Gasteiger partial charge >= 0.3 is 12.6 Å². The minimum absolute atomic E-state index is 0.0528. The summed E-state index contributed by atoms with van der Waals surface area (Å²) in [6.07, 6.45) is 1.90. The maximum Gasteiger partial charge on any atom is 0.387 e. The highest BCUT2D eigenvalue weighted by molar-refractivity contribution is 5.91. The van der Waals surface area contributed by atoms with Crippen molar-refractivity contribution in [2.24, 2.45) is 0 Å². The summed E-state index contributed by atoms with van der Waals surface area (Å²) in [4.78, 5) is 22.9. The van der Waals surface area contributed by atoms with Crippen LogP contribution >= 0.6 is 0 Å². The molecule has 2 rings (SSSR count). The first-order chi connectivity index (χ1) is 9.54. The van der Waals surface area contributed by atoms with E-state index in [0.29, 0.717) is 0 Å². The zero-order chi connectivity index (χ0) is 14.5. The van der Waals surface area contributed by atoms with E-state index in [1.165, 1.54) is 24.3 Å². The Morgan fingerprint density at radius 3 is 2.45 bits per heavy atom. The molecule has 1 aliphatic rings. The van der Waals surface area contributed by atoms with E-state index < -0.39 is 12.6 Å². The van der Waals surface area contributed by atoms with E-state index in [9.17, 15) is 18.4 Å². The maximum absolute atomic E-state index is 11.9. The van der Waals surface area contributed by atoms with E-state index in [1.807, 2.05) is 0 Å². The zero-order valence-electron chi connectivity index (χ0n) is 10.5. The Hall–Kier alpha value is -2.18. The van der Waals surface area contributed by atoms with Gasteiger partial charge in [-0.1, -0.05) is 0 Å². The van der Waals surface area contributed by atoms with Gasteiger partial charge in [0.1, 0.15) is 5.75 Å². The molecule has 7 heteroatoms. The summed E-state index contributed by atoms with van der Waals surface area (Å²) in [6.45, 7) is -3.27. The number of carbonyl (C=O) groups is 2. The number of esters is 1. The van der Waals surface area contributed by atoms with Gasteiger partial charge in [-0.3, -0.25) is 4.79 Å². The quantitative estimate of drug-likeness (QED) is 0.808. The average molecular weight is 285 g/mol. The molecule has 0 bridgehead atoms. The molecular weight excluding hydrogens is 272 g/mol. The summed E-state index contributed by atoms with van der Waals surface area (Å²) >= 11 is 0. The minimum Gasteiger partial charge on any atom is -0.452 e. The Kier molecular flexibility index (Phi) is 4.49. The maximum atomic E-state index is 11.9. The largest absolute Gasteiger partial charge is 0.452 e. The Morgan fingerprint density at radius 2 is 1.90 bits per heavy atom. The smallest absolute Gasteiger partial charge is 0.387 e. The lowest BCUT2D eigenvalue weighted by molar-refractivity contribution is -0.124. The molecule has 1 aliphatic carbocycles. The van der Waals surface area contributed by atoms with E-state index in [4.69, 9.17) is 4.74 Å². The van der Waals surface area contributed by atoms with Crippen LogP contribution in [0.4, 0.5) is 8.78 Å². The highest BCUT2D eigenvalue weighted by Gasteiger charge is 2.23. The Bertz CT molecular complexity index is 486. The average Bonchev–Trinajstić information content (AvgIpc) is 3.20. The number of hydrogen-bond acceptors (Lipinski definition) is 4. The molecule has 0 spiro atoms. The second-order valence-corrected chi connectivity index (χ2v) is 4.32. The van der Waals surface area contributed by atoms with E-state index in [-0.39, 0.29) is 29.9 Å². The van der Waals surface area contributed by atoms with Crippen LogP contribution in [0.2, 0.25) is 0 Å².